The number of hydrogen-bond donors (Lipinski definition) is 0. The van der Waals surface area contributed by atoms with Crippen molar-refractivity contribution in [2.75, 3.05) is 6.61 Å². The predicted octanol–water partition coefficient (Wildman–Crippen LogP) is 4.19. The van der Waals surface area contributed by atoms with Gasteiger partial charge >= 0.3 is 0 Å². The van der Waals surface area contributed by atoms with Gasteiger partial charge in [0.25, 0.3) is 0 Å². The second-order valence-corrected chi connectivity index (χ2v) is 4.70. The fourth-order valence-corrected chi connectivity index (χ4v) is 1.69. The summed E-state index contributed by atoms with van der Waals surface area (Å²) >= 11 is 5.60. The minimum atomic E-state index is -0.369. The number of ketones is 1. The van der Waals surface area contributed by atoms with E-state index in [0.29, 0.717) is 21.9 Å². The molecule has 102 valence electrons. The Morgan fingerprint density at radius 2 is 1.55 bits per heavy atom. The maximum Gasteiger partial charge on any atom is 0.193 e. The molecular formula is C16H12ClFO2. The first-order valence-corrected chi connectivity index (χ1v) is 6.30. The Balaban J connectivity index is 2.11. The van der Waals surface area contributed by atoms with Gasteiger partial charge in [-0.05, 0) is 48.5 Å². The third-order valence-corrected chi connectivity index (χ3v) is 2.73. The Kier molecular flexibility index (Phi) is 4.53. The standard InChI is InChI=1S/C16H12ClFO2/c1-11(17)10-20-15-8-4-13(5-9-15)16(19)12-2-6-14(18)7-3-12/h2-9H,1,10H2. The van der Waals surface area contributed by atoms with Gasteiger partial charge in [-0.1, -0.05) is 18.2 Å². The van der Waals surface area contributed by atoms with Crippen LogP contribution in [0.15, 0.2) is 60.1 Å². The SMILES string of the molecule is C=C(Cl)COc1ccc(C(=O)c2ccc(F)cc2)cc1. The lowest BCUT2D eigenvalue weighted by Crippen LogP contribution is -2.02. The van der Waals surface area contributed by atoms with Crippen LogP contribution in [0.5, 0.6) is 5.75 Å². The van der Waals surface area contributed by atoms with Crippen molar-refractivity contribution in [3.8, 4) is 5.75 Å². The zero-order valence-electron chi connectivity index (χ0n) is 10.6. The summed E-state index contributed by atoms with van der Waals surface area (Å²) < 4.78 is 18.1. The van der Waals surface area contributed by atoms with Crippen molar-refractivity contribution < 1.29 is 13.9 Å². The van der Waals surface area contributed by atoms with Crippen LogP contribution >= 0.6 is 11.6 Å². The van der Waals surface area contributed by atoms with Crippen molar-refractivity contribution in [3.05, 3.63) is 77.1 Å². The maximum absolute atomic E-state index is 12.8. The normalized spacial score (nSPS) is 10.1. The summed E-state index contributed by atoms with van der Waals surface area (Å²) in [6.07, 6.45) is 0. The summed E-state index contributed by atoms with van der Waals surface area (Å²) in [6, 6.07) is 12.1. The van der Waals surface area contributed by atoms with Crippen LogP contribution in [-0.4, -0.2) is 12.4 Å². The lowest BCUT2D eigenvalue weighted by Gasteiger charge is -2.06. The highest BCUT2D eigenvalue weighted by Gasteiger charge is 2.09. The monoisotopic (exact) mass is 290 g/mol. The molecule has 0 atom stereocenters. The quantitative estimate of drug-likeness (QED) is 0.772. The Hall–Kier alpha value is -2.13. The van der Waals surface area contributed by atoms with Gasteiger partial charge in [-0.2, -0.15) is 0 Å². The van der Waals surface area contributed by atoms with E-state index in [0.717, 1.165) is 0 Å². The Morgan fingerprint density at radius 1 is 1.05 bits per heavy atom. The molecule has 0 fully saturated rings. The Labute approximate surface area is 121 Å². The molecule has 0 radical (unpaired) electrons. The first-order valence-electron chi connectivity index (χ1n) is 5.92. The van der Waals surface area contributed by atoms with E-state index < -0.39 is 0 Å². The average molecular weight is 291 g/mol. The lowest BCUT2D eigenvalue weighted by molar-refractivity contribution is 0.103. The van der Waals surface area contributed by atoms with Crippen LogP contribution in [0.2, 0.25) is 0 Å². The van der Waals surface area contributed by atoms with Crippen LogP contribution in [0.3, 0.4) is 0 Å². The van der Waals surface area contributed by atoms with Crippen molar-refractivity contribution in [2.24, 2.45) is 0 Å². The van der Waals surface area contributed by atoms with Crippen LogP contribution in [0.25, 0.3) is 0 Å². The fourth-order valence-electron chi connectivity index (χ4n) is 1.63. The highest BCUT2D eigenvalue weighted by molar-refractivity contribution is 6.29. The minimum Gasteiger partial charge on any atom is -0.488 e. The summed E-state index contributed by atoms with van der Waals surface area (Å²) in [5.74, 6) is 0.0624. The largest absolute Gasteiger partial charge is 0.488 e. The first-order chi connectivity index (χ1) is 9.56. The van der Waals surface area contributed by atoms with Gasteiger partial charge in [-0.3, -0.25) is 4.79 Å². The molecule has 20 heavy (non-hydrogen) atoms. The molecule has 4 heteroatoms. The van der Waals surface area contributed by atoms with Crippen LogP contribution in [0.1, 0.15) is 15.9 Å². The van der Waals surface area contributed by atoms with Gasteiger partial charge in [0.2, 0.25) is 0 Å². The number of carbonyl (C=O) groups excluding carboxylic acids is 1. The Morgan fingerprint density at radius 3 is 2.05 bits per heavy atom. The third-order valence-electron chi connectivity index (χ3n) is 2.62. The van der Waals surface area contributed by atoms with E-state index in [1.54, 1.807) is 24.3 Å². The predicted molar refractivity (Wildman–Crippen MR) is 76.8 cm³/mol. The van der Waals surface area contributed by atoms with E-state index in [-0.39, 0.29) is 18.2 Å². The second-order valence-electron chi connectivity index (χ2n) is 4.17. The minimum absolute atomic E-state index is 0.168. The van der Waals surface area contributed by atoms with E-state index in [2.05, 4.69) is 6.58 Å². The second kappa shape index (κ2) is 6.35. The molecule has 0 N–H and O–H groups in total. The van der Waals surface area contributed by atoms with Crippen LogP contribution < -0.4 is 4.74 Å². The smallest absolute Gasteiger partial charge is 0.193 e. The fraction of sp³-hybridized carbons (Fsp3) is 0.0625. The number of benzene rings is 2. The summed E-state index contributed by atoms with van der Waals surface area (Å²) in [7, 11) is 0. The van der Waals surface area contributed by atoms with Crippen LogP contribution in [-0.2, 0) is 0 Å². The van der Waals surface area contributed by atoms with Crippen molar-refractivity contribution in [3.63, 3.8) is 0 Å². The van der Waals surface area contributed by atoms with Gasteiger partial charge < -0.3 is 4.74 Å². The first kappa shape index (κ1) is 14.3. The van der Waals surface area contributed by atoms with Crippen LogP contribution in [0, 0.1) is 5.82 Å². The number of carbonyl (C=O) groups is 1. The maximum atomic E-state index is 12.8. The molecule has 2 nitrogen and oxygen atoms in total. The molecule has 2 aromatic carbocycles. The van der Waals surface area contributed by atoms with Crippen molar-refractivity contribution in [1.29, 1.82) is 0 Å². The summed E-state index contributed by atoms with van der Waals surface area (Å²) in [6.45, 7) is 3.73. The zero-order valence-corrected chi connectivity index (χ0v) is 11.4. The van der Waals surface area contributed by atoms with Gasteiger partial charge in [0.1, 0.15) is 18.2 Å². The number of hydrogen-bond acceptors (Lipinski definition) is 2. The molecule has 0 aromatic heterocycles. The number of ether oxygens (including phenoxy) is 1. The third kappa shape index (κ3) is 3.68. The molecule has 0 bridgehead atoms. The molecule has 0 unspecified atom stereocenters. The lowest BCUT2D eigenvalue weighted by atomic mass is 10.0. The number of rotatable bonds is 5. The molecule has 0 heterocycles. The molecule has 0 saturated carbocycles. The molecule has 0 amide bonds. The summed E-state index contributed by atoms with van der Waals surface area (Å²) in [5.41, 5.74) is 0.947. The molecule has 0 saturated heterocycles. The highest BCUT2D eigenvalue weighted by Crippen LogP contribution is 2.16. The van der Waals surface area contributed by atoms with Gasteiger partial charge in [-0.15, -0.1) is 0 Å². The number of halogens is 2. The van der Waals surface area contributed by atoms with E-state index in [1.807, 2.05) is 0 Å². The van der Waals surface area contributed by atoms with E-state index in [4.69, 9.17) is 16.3 Å². The van der Waals surface area contributed by atoms with E-state index in [1.165, 1.54) is 24.3 Å². The van der Waals surface area contributed by atoms with Gasteiger partial charge in [0, 0.05) is 16.2 Å². The average Bonchev–Trinajstić information content (AvgIpc) is 2.46. The van der Waals surface area contributed by atoms with E-state index in [9.17, 15) is 9.18 Å². The molecule has 0 aliphatic rings. The highest BCUT2D eigenvalue weighted by atomic mass is 35.5. The molecule has 0 aliphatic heterocycles. The van der Waals surface area contributed by atoms with Gasteiger partial charge in [0.05, 0.1) is 0 Å². The van der Waals surface area contributed by atoms with E-state index >= 15 is 0 Å². The summed E-state index contributed by atoms with van der Waals surface area (Å²) in [5, 5.41) is 0.400. The van der Waals surface area contributed by atoms with Crippen molar-refractivity contribution >= 4 is 17.4 Å². The molecule has 2 rings (SSSR count). The molecule has 2 aromatic rings. The molecule has 0 spiro atoms. The topological polar surface area (TPSA) is 26.3 Å². The summed E-state index contributed by atoms with van der Waals surface area (Å²) in [4.78, 5) is 12.1. The van der Waals surface area contributed by atoms with Crippen molar-refractivity contribution in [1.82, 2.24) is 0 Å². The van der Waals surface area contributed by atoms with Crippen molar-refractivity contribution in [2.45, 2.75) is 0 Å². The zero-order chi connectivity index (χ0) is 14.5. The molecular weight excluding hydrogens is 279 g/mol. The van der Waals surface area contributed by atoms with Gasteiger partial charge in [0.15, 0.2) is 5.78 Å². The Bertz CT molecular complexity index is 618. The van der Waals surface area contributed by atoms with Crippen LogP contribution in [0.4, 0.5) is 4.39 Å². The van der Waals surface area contributed by atoms with Gasteiger partial charge in [-0.25, -0.2) is 4.39 Å². The molecule has 0 aliphatic carbocycles.